The second-order valence-electron chi connectivity index (χ2n) is 16.1. The van der Waals surface area contributed by atoms with Gasteiger partial charge in [0.2, 0.25) is 0 Å². The van der Waals surface area contributed by atoms with Crippen molar-refractivity contribution < 1.29 is 57.2 Å². The number of esters is 6. The molecule has 0 aliphatic heterocycles. The molecule has 0 spiro atoms. The van der Waals surface area contributed by atoms with Gasteiger partial charge in [0.05, 0.1) is 0 Å². The smallest absolute Gasteiger partial charge is 0.306 e. The van der Waals surface area contributed by atoms with Gasteiger partial charge in [-0.05, 0) is 51.4 Å². The third-order valence-corrected chi connectivity index (χ3v) is 10.6. The summed E-state index contributed by atoms with van der Waals surface area (Å²) in [6, 6.07) is 0. The van der Waals surface area contributed by atoms with Gasteiger partial charge in [-0.1, -0.05) is 130 Å². The molecule has 0 aromatic rings. The van der Waals surface area contributed by atoms with Crippen molar-refractivity contribution in [3.63, 3.8) is 0 Å². The minimum Gasteiger partial charge on any atom is -0.462 e. The lowest BCUT2D eigenvalue weighted by Crippen LogP contribution is -2.31. The van der Waals surface area contributed by atoms with E-state index in [1.165, 1.54) is 0 Å². The highest BCUT2D eigenvalue weighted by molar-refractivity contribution is 7.80. The second kappa shape index (κ2) is 41.5. The van der Waals surface area contributed by atoms with Crippen LogP contribution >= 0.6 is 12.6 Å². The van der Waals surface area contributed by atoms with Gasteiger partial charge in [0.1, 0.15) is 26.4 Å². The number of hydrogen-bond donors (Lipinski definition) is 1. The molecule has 350 valence electrons. The van der Waals surface area contributed by atoms with Crippen molar-refractivity contribution in [3.8, 4) is 0 Å². The van der Waals surface area contributed by atoms with Gasteiger partial charge in [0.15, 0.2) is 12.2 Å². The molecule has 0 rings (SSSR count). The number of carbonyl (C=O) groups is 6. The maximum atomic E-state index is 12.8. The number of thiol groups is 1. The maximum absolute atomic E-state index is 12.8. The Kier molecular flexibility index (Phi) is 39.6. The topological polar surface area (TPSA) is 158 Å². The predicted molar refractivity (Wildman–Crippen MR) is 238 cm³/mol. The summed E-state index contributed by atoms with van der Waals surface area (Å²) in [6.07, 6.45) is 21.6. The van der Waals surface area contributed by atoms with E-state index >= 15 is 0 Å². The summed E-state index contributed by atoms with van der Waals surface area (Å²) in [5, 5.41) is -0.0923. The number of unbranched alkanes of at least 4 members (excludes halogenated alkanes) is 16. The molecule has 0 radical (unpaired) electrons. The Hall–Kier alpha value is -2.83. The van der Waals surface area contributed by atoms with E-state index in [2.05, 4.69) is 40.3 Å². The Morgan fingerprint density at radius 3 is 0.817 bits per heavy atom. The van der Waals surface area contributed by atoms with E-state index in [9.17, 15) is 28.8 Å². The van der Waals surface area contributed by atoms with Crippen molar-refractivity contribution in [2.24, 2.45) is 0 Å². The van der Waals surface area contributed by atoms with Crippen LogP contribution in [0, 0.1) is 0 Å². The molecule has 0 heterocycles. The number of carbonyl (C=O) groups excluding carboxylic acids is 6. The average Bonchev–Trinajstić information content (AvgIpc) is 3.22. The van der Waals surface area contributed by atoms with E-state index in [-0.39, 0.29) is 94.1 Å². The normalized spacial score (nSPS) is 11.2. The zero-order chi connectivity index (χ0) is 44.5. The summed E-state index contributed by atoms with van der Waals surface area (Å²) in [5.74, 6) is -2.46. The van der Waals surface area contributed by atoms with Crippen molar-refractivity contribution in [1.29, 1.82) is 0 Å². The van der Waals surface area contributed by atoms with Gasteiger partial charge >= 0.3 is 35.8 Å². The molecule has 0 aromatic carbocycles. The molecule has 0 aliphatic rings. The second-order valence-corrected chi connectivity index (χ2v) is 16.8. The first kappa shape index (κ1) is 57.2. The van der Waals surface area contributed by atoms with Crippen LogP contribution in [0.5, 0.6) is 0 Å². The molecule has 0 fully saturated rings. The third-order valence-electron chi connectivity index (χ3n) is 10.1. The molecular weight excluding hydrogens is 789 g/mol. The fraction of sp³-hybridized carbons (Fsp3) is 0.872. The zero-order valence-corrected chi connectivity index (χ0v) is 39.0. The molecule has 0 bridgehead atoms. The Morgan fingerprint density at radius 1 is 0.333 bits per heavy atom. The van der Waals surface area contributed by atoms with Gasteiger partial charge < -0.3 is 28.4 Å². The number of ether oxygens (including phenoxy) is 6. The largest absolute Gasteiger partial charge is 0.462 e. The molecule has 0 saturated heterocycles. The highest BCUT2D eigenvalue weighted by Gasteiger charge is 2.22. The Morgan fingerprint density at radius 2 is 0.567 bits per heavy atom. The Bertz CT molecular complexity index is 972. The summed E-state index contributed by atoms with van der Waals surface area (Å²) in [4.78, 5) is 74.9. The minimum atomic E-state index is -0.898. The standard InChI is InChI=1S/C47H84O12S/c1-5-9-13-17-21-29-42(48)54-35-39(36-55-43(49)30-22-18-14-10-6-2)58-46(52)33-25-27-41(60)28-26-34-47(53)59-40(37-56-44(50)31-23-19-15-11-7-3)38-57-45(51)32-24-20-16-12-8-4/h39-41,60H,5-38H2,1-4H3. The van der Waals surface area contributed by atoms with E-state index in [1.807, 2.05) is 0 Å². The SMILES string of the molecule is CCCCCCCC(=O)OCC(COC(=O)CCCCCCC)OC(=O)CCCC(S)CCCC(=O)OC(COC(=O)CCCCCCC)COC(=O)CCCCCCC. The van der Waals surface area contributed by atoms with Gasteiger partial charge in [-0.25, -0.2) is 0 Å². The monoisotopic (exact) mass is 873 g/mol. The van der Waals surface area contributed by atoms with Crippen molar-refractivity contribution in [2.75, 3.05) is 26.4 Å². The maximum Gasteiger partial charge on any atom is 0.306 e. The summed E-state index contributed by atoms with van der Waals surface area (Å²) in [6.45, 7) is 7.80. The van der Waals surface area contributed by atoms with Crippen molar-refractivity contribution in [2.45, 2.75) is 238 Å². The van der Waals surface area contributed by atoms with Crippen LogP contribution in [0.1, 0.15) is 220 Å². The summed E-state index contributed by atoms with van der Waals surface area (Å²) in [7, 11) is 0. The minimum absolute atomic E-state index is 0.0923. The molecule has 13 heteroatoms. The van der Waals surface area contributed by atoms with Crippen molar-refractivity contribution in [1.82, 2.24) is 0 Å². The lowest BCUT2D eigenvalue weighted by atomic mass is 10.1. The van der Waals surface area contributed by atoms with Crippen molar-refractivity contribution in [3.05, 3.63) is 0 Å². The molecule has 12 nitrogen and oxygen atoms in total. The van der Waals surface area contributed by atoms with Gasteiger partial charge in [0, 0.05) is 43.8 Å². The molecule has 0 aliphatic carbocycles. The van der Waals surface area contributed by atoms with Crippen LogP contribution in [0.25, 0.3) is 0 Å². The van der Waals surface area contributed by atoms with Gasteiger partial charge in [-0.2, -0.15) is 12.6 Å². The van der Waals surface area contributed by atoms with Gasteiger partial charge in [-0.15, -0.1) is 0 Å². The van der Waals surface area contributed by atoms with Crippen LogP contribution in [0.2, 0.25) is 0 Å². The fourth-order valence-corrected chi connectivity index (χ4v) is 6.72. The predicted octanol–water partition coefficient (Wildman–Crippen LogP) is 11.1. The van der Waals surface area contributed by atoms with Crippen LogP contribution in [-0.4, -0.2) is 79.7 Å². The molecule has 0 unspecified atom stereocenters. The molecule has 0 atom stereocenters. The summed E-state index contributed by atoms with van der Waals surface area (Å²) < 4.78 is 32.8. The lowest BCUT2D eigenvalue weighted by Gasteiger charge is -2.19. The highest BCUT2D eigenvalue weighted by Crippen LogP contribution is 2.17. The number of hydrogen-bond acceptors (Lipinski definition) is 13. The first-order valence-corrected chi connectivity index (χ1v) is 24.2. The lowest BCUT2D eigenvalue weighted by molar-refractivity contribution is -0.167. The molecule has 0 aromatic heterocycles. The van der Waals surface area contributed by atoms with Gasteiger partial charge in [-0.3, -0.25) is 28.8 Å². The number of rotatable bonds is 42. The van der Waals surface area contributed by atoms with E-state index in [1.54, 1.807) is 0 Å². The van der Waals surface area contributed by atoms with Gasteiger partial charge in [0.25, 0.3) is 0 Å². The van der Waals surface area contributed by atoms with E-state index < -0.39 is 24.1 Å². The summed E-state index contributed by atoms with van der Waals surface area (Å²) >= 11 is 4.65. The Balaban J connectivity index is 4.85. The fourth-order valence-electron chi connectivity index (χ4n) is 6.35. The molecule has 0 N–H and O–H groups in total. The quantitative estimate of drug-likeness (QED) is 0.0268. The van der Waals surface area contributed by atoms with Crippen LogP contribution < -0.4 is 0 Å². The first-order valence-electron chi connectivity index (χ1n) is 23.7. The zero-order valence-electron chi connectivity index (χ0n) is 38.1. The van der Waals surface area contributed by atoms with Crippen LogP contribution in [0.15, 0.2) is 0 Å². The molecule has 60 heavy (non-hydrogen) atoms. The molecular formula is C47H84O12S. The highest BCUT2D eigenvalue weighted by atomic mass is 32.1. The summed E-state index contributed by atoms with van der Waals surface area (Å²) in [5.41, 5.74) is 0. The van der Waals surface area contributed by atoms with E-state index in [0.29, 0.717) is 25.7 Å². The average molecular weight is 873 g/mol. The van der Waals surface area contributed by atoms with E-state index in [0.717, 1.165) is 128 Å². The van der Waals surface area contributed by atoms with Crippen molar-refractivity contribution >= 4 is 48.4 Å². The van der Waals surface area contributed by atoms with Crippen LogP contribution in [0.4, 0.5) is 0 Å². The van der Waals surface area contributed by atoms with Crippen LogP contribution in [0.3, 0.4) is 0 Å². The Labute approximate surface area is 368 Å². The molecule has 0 amide bonds. The molecule has 0 saturated carbocycles. The first-order chi connectivity index (χ1) is 29.0. The van der Waals surface area contributed by atoms with E-state index in [4.69, 9.17) is 28.4 Å². The third kappa shape index (κ3) is 38.1. The van der Waals surface area contributed by atoms with Crippen LogP contribution in [-0.2, 0) is 57.2 Å².